The molecule has 1 heterocycles. The zero-order valence-electron chi connectivity index (χ0n) is 12.1. The number of alkyl halides is 2. The minimum absolute atomic E-state index is 0.0309. The van der Waals surface area contributed by atoms with E-state index in [1.54, 1.807) is 24.3 Å². The highest BCUT2D eigenvalue weighted by molar-refractivity contribution is 7.99. The summed E-state index contributed by atoms with van der Waals surface area (Å²) in [5, 5.41) is 0.435. The van der Waals surface area contributed by atoms with Crippen LogP contribution in [0.15, 0.2) is 47.6 Å². The number of hydrogen-bond donors (Lipinski definition) is 2. The molecule has 0 aliphatic carbocycles. The van der Waals surface area contributed by atoms with Crippen molar-refractivity contribution in [3.63, 3.8) is 0 Å². The fraction of sp³-hybridized carbons (Fsp3) is 0.133. The topological polar surface area (TPSA) is 71.1 Å². The summed E-state index contributed by atoms with van der Waals surface area (Å²) in [6, 6.07) is 9.45. The van der Waals surface area contributed by atoms with Crippen molar-refractivity contribution in [3.05, 3.63) is 58.7 Å². The lowest BCUT2D eigenvalue weighted by Gasteiger charge is -2.10. The van der Waals surface area contributed by atoms with Crippen LogP contribution in [0.4, 0.5) is 8.78 Å². The molecule has 2 aromatic rings. The first-order chi connectivity index (χ1) is 11.5. The van der Waals surface area contributed by atoms with Gasteiger partial charge in [-0.05, 0) is 41.6 Å². The largest absolute Gasteiger partial charge is 0.290 e. The predicted molar refractivity (Wildman–Crippen MR) is 86.9 cm³/mol. The molecule has 2 N–H and O–H groups in total. The highest BCUT2D eigenvalue weighted by atomic mass is 35.5. The first-order valence-electron chi connectivity index (χ1n) is 6.69. The van der Waals surface area contributed by atoms with Gasteiger partial charge < -0.3 is 0 Å². The summed E-state index contributed by atoms with van der Waals surface area (Å²) in [6.07, 6.45) is 1.34. The standard InChI is InChI=1S/C15H12ClF2N3O2S/c16-10-5-3-9(4-6-10)8-12(22)20-21-13(23)11-2-1-7-19-14(11)24-15(17)18/h1-7,15H,8H2,(H,20,22)(H,21,23). The number of hydrogen-bond acceptors (Lipinski definition) is 4. The highest BCUT2D eigenvalue weighted by Crippen LogP contribution is 2.26. The number of hydrazine groups is 1. The summed E-state index contributed by atoms with van der Waals surface area (Å²) < 4.78 is 24.9. The number of aromatic nitrogens is 1. The van der Waals surface area contributed by atoms with Crippen LogP contribution in [-0.2, 0) is 11.2 Å². The number of thioether (sulfide) groups is 1. The summed E-state index contributed by atoms with van der Waals surface area (Å²) in [7, 11) is 0. The third-order valence-electron chi connectivity index (χ3n) is 2.81. The molecule has 5 nitrogen and oxygen atoms in total. The highest BCUT2D eigenvalue weighted by Gasteiger charge is 2.17. The number of amides is 2. The second-order valence-corrected chi connectivity index (χ2v) is 5.96. The molecule has 0 aliphatic heterocycles. The van der Waals surface area contributed by atoms with E-state index in [0.29, 0.717) is 10.6 Å². The molecule has 1 aromatic heterocycles. The van der Waals surface area contributed by atoms with Gasteiger partial charge in [0.15, 0.2) is 0 Å². The van der Waals surface area contributed by atoms with Gasteiger partial charge in [0, 0.05) is 11.2 Å². The van der Waals surface area contributed by atoms with E-state index in [0.717, 1.165) is 0 Å². The van der Waals surface area contributed by atoms with E-state index >= 15 is 0 Å². The van der Waals surface area contributed by atoms with Crippen molar-refractivity contribution < 1.29 is 18.4 Å². The van der Waals surface area contributed by atoms with Gasteiger partial charge in [-0.1, -0.05) is 23.7 Å². The minimum Gasteiger partial charge on any atom is -0.273 e. The minimum atomic E-state index is -2.70. The van der Waals surface area contributed by atoms with Crippen LogP contribution < -0.4 is 10.9 Å². The molecule has 1 aromatic carbocycles. The fourth-order valence-electron chi connectivity index (χ4n) is 1.77. The molecule has 126 valence electrons. The van der Waals surface area contributed by atoms with E-state index in [1.165, 1.54) is 18.3 Å². The lowest BCUT2D eigenvalue weighted by atomic mass is 10.1. The second kappa shape index (κ2) is 8.60. The Kier molecular flexibility index (Phi) is 6.51. The third-order valence-corrected chi connectivity index (χ3v) is 3.79. The van der Waals surface area contributed by atoms with Gasteiger partial charge in [-0.15, -0.1) is 0 Å². The number of rotatable bonds is 5. The molecule has 0 fully saturated rings. The maximum atomic E-state index is 12.5. The second-order valence-electron chi connectivity index (χ2n) is 4.54. The molecule has 0 atom stereocenters. The van der Waals surface area contributed by atoms with E-state index < -0.39 is 17.6 Å². The van der Waals surface area contributed by atoms with Gasteiger partial charge in [0.25, 0.3) is 11.7 Å². The number of halogens is 3. The van der Waals surface area contributed by atoms with E-state index in [9.17, 15) is 18.4 Å². The Morgan fingerprint density at radius 3 is 2.54 bits per heavy atom. The van der Waals surface area contributed by atoms with Crippen molar-refractivity contribution in [2.45, 2.75) is 17.2 Å². The van der Waals surface area contributed by atoms with E-state index in [2.05, 4.69) is 15.8 Å². The third kappa shape index (κ3) is 5.47. The number of pyridine rings is 1. The molecule has 2 amide bonds. The number of carbonyl (C=O) groups excluding carboxylic acids is 2. The number of nitrogens with one attached hydrogen (secondary N) is 2. The van der Waals surface area contributed by atoms with Crippen LogP contribution in [0.25, 0.3) is 0 Å². The van der Waals surface area contributed by atoms with Crippen molar-refractivity contribution >= 4 is 35.2 Å². The van der Waals surface area contributed by atoms with Crippen molar-refractivity contribution in [1.29, 1.82) is 0 Å². The molecule has 9 heteroatoms. The lowest BCUT2D eigenvalue weighted by molar-refractivity contribution is -0.121. The van der Waals surface area contributed by atoms with E-state index in [-0.39, 0.29) is 28.8 Å². The van der Waals surface area contributed by atoms with Crippen molar-refractivity contribution in [1.82, 2.24) is 15.8 Å². The molecule has 2 rings (SSSR count). The Balaban J connectivity index is 1.93. The van der Waals surface area contributed by atoms with Crippen LogP contribution in [0.2, 0.25) is 5.02 Å². The molecule has 0 unspecified atom stereocenters. The maximum absolute atomic E-state index is 12.5. The molecule has 24 heavy (non-hydrogen) atoms. The average molecular weight is 372 g/mol. The number of benzene rings is 1. The summed E-state index contributed by atoms with van der Waals surface area (Å²) in [4.78, 5) is 27.5. The Morgan fingerprint density at radius 1 is 1.17 bits per heavy atom. The van der Waals surface area contributed by atoms with Crippen LogP contribution >= 0.6 is 23.4 Å². The van der Waals surface area contributed by atoms with Gasteiger partial charge in [-0.25, -0.2) is 4.98 Å². The Bertz CT molecular complexity index is 729. The summed E-state index contributed by atoms with van der Waals surface area (Å²) in [5.74, 6) is -3.89. The van der Waals surface area contributed by atoms with E-state index in [1.807, 2.05) is 0 Å². The average Bonchev–Trinajstić information content (AvgIpc) is 2.55. The van der Waals surface area contributed by atoms with Crippen molar-refractivity contribution in [2.24, 2.45) is 0 Å². The van der Waals surface area contributed by atoms with Gasteiger partial charge >= 0.3 is 0 Å². The summed E-state index contributed by atoms with van der Waals surface area (Å²) in [6.45, 7) is 0. The van der Waals surface area contributed by atoms with Gasteiger partial charge in [0.1, 0.15) is 5.03 Å². The van der Waals surface area contributed by atoms with Crippen LogP contribution in [0.5, 0.6) is 0 Å². The predicted octanol–water partition coefficient (Wildman–Crippen LogP) is 3.05. The molecule has 0 bridgehead atoms. The van der Waals surface area contributed by atoms with Crippen LogP contribution in [0.3, 0.4) is 0 Å². The van der Waals surface area contributed by atoms with Gasteiger partial charge in [-0.2, -0.15) is 8.78 Å². The fourth-order valence-corrected chi connectivity index (χ4v) is 2.47. The monoisotopic (exact) mass is 371 g/mol. The van der Waals surface area contributed by atoms with Crippen molar-refractivity contribution in [3.8, 4) is 0 Å². The van der Waals surface area contributed by atoms with E-state index in [4.69, 9.17) is 11.6 Å². The Morgan fingerprint density at radius 2 is 1.88 bits per heavy atom. The maximum Gasteiger partial charge on any atom is 0.290 e. The molecule has 0 radical (unpaired) electrons. The Labute approximate surface area is 145 Å². The van der Waals surface area contributed by atoms with Crippen LogP contribution in [-0.4, -0.2) is 22.6 Å². The lowest BCUT2D eigenvalue weighted by Crippen LogP contribution is -2.42. The zero-order valence-corrected chi connectivity index (χ0v) is 13.7. The Hall–Kier alpha value is -2.19. The molecular formula is C15H12ClF2N3O2S. The normalized spacial score (nSPS) is 10.5. The number of carbonyl (C=O) groups is 2. The zero-order chi connectivity index (χ0) is 17.5. The molecular weight excluding hydrogens is 360 g/mol. The molecule has 0 saturated heterocycles. The first kappa shape index (κ1) is 18.2. The van der Waals surface area contributed by atoms with Gasteiger partial charge in [0.05, 0.1) is 12.0 Å². The SMILES string of the molecule is O=C(Cc1ccc(Cl)cc1)NNC(=O)c1cccnc1SC(F)F. The van der Waals surface area contributed by atoms with Gasteiger partial charge in [0.2, 0.25) is 5.91 Å². The molecule has 0 spiro atoms. The van der Waals surface area contributed by atoms with Crippen LogP contribution in [0.1, 0.15) is 15.9 Å². The van der Waals surface area contributed by atoms with Gasteiger partial charge in [-0.3, -0.25) is 20.4 Å². The summed E-state index contributed by atoms with van der Waals surface area (Å²) >= 11 is 5.91. The summed E-state index contributed by atoms with van der Waals surface area (Å²) in [5.41, 5.74) is 5.07. The van der Waals surface area contributed by atoms with Crippen molar-refractivity contribution in [2.75, 3.05) is 0 Å². The quantitative estimate of drug-likeness (QED) is 0.626. The molecule has 0 aliphatic rings. The smallest absolute Gasteiger partial charge is 0.273 e. The number of nitrogens with zero attached hydrogens (tertiary/aromatic N) is 1. The van der Waals surface area contributed by atoms with Crippen LogP contribution in [0, 0.1) is 0 Å². The first-order valence-corrected chi connectivity index (χ1v) is 7.95. The molecule has 0 saturated carbocycles.